The maximum atomic E-state index is 11.9. The van der Waals surface area contributed by atoms with E-state index in [-0.39, 0.29) is 16.2 Å². The number of allylic oxidation sites excluding steroid dienone is 10. The molecule has 70 heavy (non-hydrogen) atoms. The van der Waals surface area contributed by atoms with Gasteiger partial charge in [0.25, 0.3) is 0 Å². The van der Waals surface area contributed by atoms with Crippen molar-refractivity contribution in [2.75, 3.05) is 43.4 Å². The van der Waals surface area contributed by atoms with Crippen molar-refractivity contribution in [1.82, 2.24) is 4.31 Å². The maximum absolute atomic E-state index is 11.9. The summed E-state index contributed by atoms with van der Waals surface area (Å²) < 4.78 is 103. The second kappa shape index (κ2) is 21.6. The van der Waals surface area contributed by atoms with E-state index in [2.05, 4.69) is 22.6 Å². The van der Waals surface area contributed by atoms with Crippen LogP contribution in [0.15, 0.2) is 64.5 Å². The van der Waals surface area contributed by atoms with Crippen LogP contribution >= 0.6 is 0 Å². The summed E-state index contributed by atoms with van der Waals surface area (Å²) in [4.78, 5) is 0. The molecular weight excluding hydrogens is 956 g/mol. The first-order chi connectivity index (χ1) is 30.8. The summed E-state index contributed by atoms with van der Waals surface area (Å²) in [5.41, 5.74) is 15.2. The van der Waals surface area contributed by atoms with Crippen LogP contribution in [0.5, 0.6) is 0 Å². The molecule has 0 aliphatic heterocycles. The molecule has 20 heteroatoms. The van der Waals surface area contributed by atoms with E-state index in [1.807, 2.05) is 125 Å². The van der Waals surface area contributed by atoms with Crippen LogP contribution < -0.4 is 9.77 Å². The zero-order valence-electron chi connectivity index (χ0n) is 47.0. The minimum atomic E-state index is -3.42. The third-order valence-corrected chi connectivity index (χ3v) is 19.1. The van der Waals surface area contributed by atoms with Crippen LogP contribution in [0.3, 0.4) is 0 Å². The van der Waals surface area contributed by atoms with Gasteiger partial charge < -0.3 is 0 Å². The van der Waals surface area contributed by atoms with Crippen LogP contribution in [-0.4, -0.2) is 130 Å². The molecule has 12 nitrogen and oxygen atoms in total. The Morgan fingerprint density at radius 2 is 0.800 bits per heavy atom. The molecule has 0 aromatic heterocycles. The van der Waals surface area contributed by atoms with E-state index in [0.29, 0.717) is 16.9 Å². The van der Waals surface area contributed by atoms with E-state index in [9.17, 15) is 33.7 Å². The summed E-state index contributed by atoms with van der Waals surface area (Å²) >= 11 is 0. The molecular formula is C50H78B4N4O8S4. The number of sulfonamides is 4. The molecule has 0 fully saturated rings. The average Bonchev–Trinajstić information content (AvgIpc) is 3.21. The van der Waals surface area contributed by atoms with Crippen LogP contribution in [0.4, 0.5) is 5.69 Å². The van der Waals surface area contributed by atoms with E-state index < -0.39 is 45.5 Å². The fraction of sp³-hybridized carbons (Fsp3) is 0.600. The molecule has 0 N–H and O–H groups in total. The predicted molar refractivity (Wildman–Crippen MR) is 304 cm³/mol. The van der Waals surface area contributed by atoms with Crippen LogP contribution in [0.2, 0.25) is 0 Å². The van der Waals surface area contributed by atoms with Gasteiger partial charge in [-0.25, -0.2) is 16.8 Å². The number of benzene rings is 1. The number of nitrogens with zero attached hydrogens (tertiary/aromatic N) is 4. The van der Waals surface area contributed by atoms with Crippen molar-refractivity contribution in [3.05, 3.63) is 78.0 Å². The van der Waals surface area contributed by atoms with Crippen molar-refractivity contribution in [3.8, 4) is 0 Å². The number of rotatable bonds is 6. The van der Waals surface area contributed by atoms with Crippen molar-refractivity contribution in [2.24, 2.45) is 30.5 Å². The Morgan fingerprint density at radius 1 is 0.429 bits per heavy atom. The Morgan fingerprint density at radius 3 is 1.14 bits per heavy atom. The Balaban J connectivity index is 0.000000468. The molecule has 3 aliphatic carbocycles. The van der Waals surface area contributed by atoms with Gasteiger partial charge in [0.05, 0.1) is 18.2 Å². The Hall–Kier alpha value is -3.34. The molecule has 3 aliphatic rings. The first-order valence-electron chi connectivity index (χ1n) is 22.6. The summed E-state index contributed by atoms with van der Waals surface area (Å²) in [6.45, 7) is 39.0. The van der Waals surface area contributed by atoms with E-state index in [0.717, 1.165) is 107 Å². The summed E-state index contributed by atoms with van der Waals surface area (Å²) in [5.74, 6) is 0. The Labute approximate surface area is 430 Å². The van der Waals surface area contributed by atoms with E-state index in [4.69, 9.17) is 30.7 Å². The first-order valence-corrected chi connectivity index (χ1v) is 30.0. The van der Waals surface area contributed by atoms with Crippen LogP contribution in [0, 0.1) is 49.4 Å². The molecule has 1 aromatic carbocycles. The molecule has 0 heterocycles. The van der Waals surface area contributed by atoms with Crippen molar-refractivity contribution >= 4 is 104 Å². The van der Waals surface area contributed by atoms with Gasteiger partial charge in [0.2, 0.25) is 20.0 Å². The van der Waals surface area contributed by atoms with E-state index in [1.165, 1.54) is 21.1 Å². The van der Waals surface area contributed by atoms with Gasteiger partial charge in [0, 0.05) is 25.2 Å². The molecule has 1 aromatic rings. The topological polar surface area (TPSA) is 168 Å². The van der Waals surface area contributed by atoms with Crippen LogP contribution in [0.1, 0.15) is 133 Å². The van der Waals surface area contributed by atoms with E-state index >= 15 is 0 Å². The van der Waals surface area contributed by atoms with Gasteiger partial charge in [0.1, 0.15) is 15.7 Å². The van der Waals surface area contributed by atoms with Gasteiger partial charge >= 0.3 is 209 Å². The smallest absolute Gasteiger partial charge is 0.232 e. The summed E-state index contributed by atoms with van der Waals surface area (Å²) in [5, 5.41) is 0. The van der Waals surface area contributed by atoms with Crippen molar-refractivity contribution in [3.63, 3.8) is 0 Å². The fourth-order valence-electron chi connectivity index (χ4n) is 8.63. The van der Waals surface area contributed by atoms with Gasteiger partial charge in [-0.2, -0.15) is 0 Å². The molecule has 0 unspecified atom stereocenters. The van der Waals surface area contributed by atoms with Crippen molar-refractivity contribution < 1.29 is 33.7 Å². The summed E-state index contributed by atoms with van der Waals surface area (Å²) in [6.07, 6.45) is 4.64. The summed E-state index contributed by atoms with van der Waals surface area (Å²) in [6, 6.07) is 0. The normalized spacial score (nSPS) is 19.8. The number of anilines is 1. The van der Waals surface area contributed by atoms with Crippen LogP contribution in [0.25, 0.3) is 0 Å². The number of hydrogen-bond acceptors (Lipinski definition) is 8. The van der Waals surface area contributed by atoms with Gasteiger partial charge in [-0.1, -0.05) is 49.9 Å². The Kier molecular flexibility index (Phi) is 20.0. The molecule has 0 amide bonds. The largest absolute Gasteiger partial charge is 0.277 e. The maximum Gasteiger partial charge on any atom is 0.232 e. The molecule has 0 saturated heterocycles. The molecule has 0 atom stereocenters. The monoisotopic (exact) mass is 1030 g/mol. The minimum absolute atomic E-state index is 0.301. The van der Waals surface area contributed by atoms with Gasteiger partial charge in [-0.15, -0.1) is 5.47 Å². The second-order valence-corrected chi connectivity index (χ2v) is 28.5. The quantitative estimate of drug-likeness (QED) is 0.268. The van der Waals surface area contributed by atoms with Crippen molar-refractivity contribution in [1.29, 1.82) is 0 Å². The van der Waals surface area contributed by atoms with Crippen LogP contribution in [-0.2, 0) is 40.1 Å². The third-order valence-electron chi connectivity index (χ3n) is 15.7. The second-order valence-electron chi connectivity index (χ2n) is 21.2. The SMILES string of the molecule is [B]=C1C(C)=C(C)C(=NS(C)(=O)=O)C(C)(C)C1(C)C.[B]=C1C(C)=C(C)C(=NS(C)(=O)=O)C(C)=C1C.[B]C1=C(C)C(C)=C(N(C)S(C)(=O)=O)C(C)(C)C1(C)C.[B]c1c(C)c(C)c(N(C)S(C)(=O)=O)c(C)c1C. The standard InChI is InChI=1S/C14H24BNO2S.C13H21BNO2S.C12H18BNO2S.C11H15BNO2S/c1-9-10(2)12(16(7)19(8,17)18)14(5,6)13(3,4)11(9)15;1-8-9(2)11(15-18(7,16)17)13(5,6)12(3,4)10(8)14;1-7-9(3)12(14(5)17(6,15)16)10(4)8(2)11(7)13;1-6-8(3)11(13-16(5,14)15)9(4)7(2)10(6)12/h1-8H3;1-7H3;1-6H3;1-5H3. The molecule has 382 valence electrons. The summed E-state index contributed by atoms with van der Waals surface area (Å²) in [7, 11) is 14.2. The first kappa shape index (κ1) is 64.7. The average molecular weight is 1030 g/mol. The fourth-order valence-corrected chi connectivity index (χ4v) is 11.2. The molecule has 0 saturated carbocycles. The molecule has 4 rings (SSSR count). The molecule has 6 radical (unpaired) electrons. The molecule has 0 bridgehead atoms. The van der Waals surface area contributed by atoms with Gasteiger partial charge in [-0.3, -0.25) is 8.61 Å². The van der Waals surface area contributed by atoms with E-state index in [1.54, 1.807) is 14.1 Å². The third kappa shape index (κ3) is 13.2. The van der Waals surface area contributed by atoms with Crippen molar-refractivity contribution in [2.45, 2.75) is 138 Å². The number of hydrogen-bond donors (Lipinski definition) is 0. The minimum Gasteiger partial charge on any atom is -0.277 e. The zero-order chi connectivity index (χ0) is 56.1. The Bertz CT molecular complexity index is 3020. The molecule has 0 spiro atoms. The zero-order valence-corrected chi connectivity index (χ0v) is 50.3. The van der Waals surface area contributed by atoms with Gasteiger partial charge in [-0.05, 0) is 63.7 Å². The predicted octanol–water partition coefficient (Wildman–Crippen LogP) is 7.31. The van der Waals surface area contributed by atoms with Gasteiger partial charge in [0.15, 0.2) is 0 Å².